The third-order valence-electron chi connectivity index (χ3n) is 2.59. The maximum absolute atomic E-state index is 11.8. The van der Waals surface area contributed by atoms with Gasteiger partial charge in [0.1, 0.15) is 11.1 Å². The first-order valence-corrected chi connectivity index (χ1v) is 6.39. The molecule has 2 rings (SSSR count). The Morgan fingerprint density at radius 2 is 2.26 bits per heavy atom. The lowest BCUT2D eigenvalue weighted by Crippen LogP contribution is -2.31. The van der Waals surface area contributed by atoms with Crippen LogP contribution in [0.1, 0.15) is 6.92 Å². The average molecular weight is 299 g/mol. The molecule has 0 aliphatic heterocycles. The first kappa shape index (κ1) is 13.8. The number of carbonyl (C=O) groups is 1. The van der Waals surface area contributed by atoms with E-state index < -0.39 is 5.38 Å². The van der Waals surface area contributed by atoms with Crippen LogP contribution in [0.4, 0.5) is 5.69 Å². The molecule has 100 valence electrons. The van der Waals surface area contributed by atoms with Gasteiger partial charge in [0.25, 0.3) is 0 Å². The fourth-order valence-corrected chi connectivity index (χ4v) is 1.98. The SMILES string of the molecule is CC(Cl)C(=O)N(C)c1cn(-c2cccnc2)nc1Cl. The molecule has 2 heterocycles. The summed E-state index contributed by atoms with van der Waals surface area (Å²) >= 11 is 11.8. The number of alkyl halides is 1. The van der Waals surface area contributed by atoms with Crippen LogP contribution >= 0.6 is 23.2 Å². The summed E-state index contributed by atoms with van der Waals surface area (Å²) in [6.45, 7) is 1.61. The number of nitrogens with zero attached hydrogens (tertiary/aromatic N) is 4. The molecule has 2 aromatic rings. The van der Waals surface area contributed by atoms with Crippen molar-refractivity contribution in [2.45, 2.75) is 12.3 Å². The summed E-state index contributed by atoms with van der Waals surface area (Å²) < 4.78 is 1.56. The van der Waals surface area contributed by atoms with Crippen LogP contribution in [0.15, 0.2) is 30.7 Å². The van der Waals surface area contributed by atoms with E-state index in [9.17, 15) is 4.79 Å². The van der Waals surface area contributed by atoms with Crippen LogP contribution < -0.4 is 4.90 Å². The number of hydrogen-bond donors (Lipinski definition) is 0. The largest absolute Gasteiger partial charge is 0.310 e. The molecule has 2 aromatic heterocycles. The number of amides is 1. The van der Waals surface area contributed by atoms with E-state index >= 15 is 0 Å². The molecule has 0 saturated carbocycles. The standard InChI is InChI=1S/C12H12Cl2N4O/c1-8(13)12(19)17(2)10-7-18(16-11(10)14)9-4-3-5-15-6-9/h3-8H,1-2H3. The molecule has 0 saturated heterocycles. The van der Waals surface area contributed by atoms with Crippen molar-refractivity contribution in [2.75, 3.05) is 11.9 Å². The zero-order chi connectivity index (χ0) is 14.0. The summed E-state index contributed by atoms with van der Waals surface area (Å²) in [4.78, 5) is 17.2. The highest BCUT2D eigenvalue weighted by molar-refractivity contribution is 6.35. The number of aromatic nitrogens is 3. The lowest BCUT2D eigenvalue weighted by atomic mass is 10.3. The van der Waals surface area contributed by atoms with E-state index in [2.05, 4.69) is 10.1 Å². The van der Waals surface area contributed by atoms with Crippen LogP contribution in [0.2, 0.25) is 5.15 Å². The number of rotatable bonds is 3. The molecule has 5 nitrogen and oxygen atoms in total. The zero-order valence-corrected chi connectivity index (χ0v) is 11.9. The van der Waals surface area contributed by atoms with E-state index in [1.165, 1.54) is 4.90 Å². The number of pyridine rings is 1. The van der Waals surface area contributed by atoms with E-state index in [-0.39, 0.29) is 11.1 Å². The van der Waals surface area contributed by atoms with Gasteiger partial charge in [-0.15, -0.1) is 11.6 Å². The number of carbonyl (C=O) groups excluding carboxylic acids is 1. The van der Waals surface area contributed by atoms with E-state index in [4.69, 9.17) is 23.2 Å². The van der Waals surface area contributed by atoms with E-state index in [1.54, 1.807) is 43.3 Å². The van der Waals surface area contributed by atoms with Crippen molar-refractivity contribution in [3.63, 3.8) is 0 Å². The second kappa shape index (κ2) is 5.59. The third-order valence-corrected chi connectivity index (χ3v) is 3.05. The van der Waals surface area contributed by atoms with Crippen molar-refractivity contribution >= 4 is 34.8 Å². The minimum absolute atomic E-state index is 0.233. The van der Waals surface area contributed by atoms with E-state index in [0.29, 0.717) is 5.69 Å². The number of halogens is 2. The maximum Gasteiger partial charge on any atom is 0.244 e. The third kappa shape index (κ3) is 2.88. The molecule has 0 spiro atoms. The molecule has 7 heteroatoms. The molecule has 1 amide bonds. The lowest BCUT2D eigenvalue weighted by molar-refractivity contribution is -0.117. The van der Waals surface area contributed by atoms with E-state index in [0.717, 1.165) is 5.69 Å². The first-order valence-electron chi connectivity index (χ1n) is 5.58. The fourth-order valence-electron chi connectivity index (χ4n) is 1.58. The Kier molecular flexibility index (Phi) is 4.07. The molecule has 0 aromatic carbocycles. The molecule has 0 aliphatic rings. The highest BCUT2D eigenvalue weighted by Gasteiger charge is 2.21. The van der Waals surface area contributed by atoms with Gasteiger partial charge in [-0.2, -0.15) is 5.10 Å². The lowest BCUT2D eigenvalue weighted by Gasteiger charge is -2.16. The Morgan fingerprint density at radius 1 is 1.53 bits per heavy atom. The second-order valence-electron chi connectivity index (χ2n) is 3.97. The molecule has 0 N–H and O–H groups in total. The second-order valence-corrected chi connectivity index (χ2v) is 4.99. The molecular weight excluding hydrogens is 287 g/mol. The monoisotopic (exact) mass is 298 g/mol. The molecule has 0 fully saturated rings. The Hall–Kier alpha value is -1.59. The van der Waals surface area contributed by atoms with Crippen molar-refractivity contribution in [3.05, 3.63) is 35.9 Å². The van der Waals surface area contributed by atoms with Gasteiger partial charge >= 0.3 is 0 Å². The summed E-state index contributed by atoms with van der Waals surface area (Å²) in [7, 11) is 1.61. The summed E-state index contributed by atoms with van der Waals surface area (Å²) in [5, 5.41) is 3.76. The maximum atomic E-state index is 11.8. The highest BCUT2D eigenvalue weighted by Crippen LogP contribution is 2.25. The van der Waals surface area contributed by atoms with Gasteiger partial charge in [-0.05, 0) is 19.1 Å². The Bertz CT molecular complexity index is 583. The minimum Gasteiger partial charge on any atom is -0.310 e. The number of anilines is 1. The van der Waals surface area contributed by atoms with Crippen LogP contribution in [0.3, 0.4) is 0 Å². The number of hydrogen-bond acceptors (Lipinski definition) is 3. The Balaban J connectivity index is 2.34. The zero-order valence-electron chi connectivity index (χ0n) is 10.4. The first-order chi connectivity index (χ1) is 9.00. The Labute approximate surface area is 120 Å². The van der Waals surface area contributed by atoms with Gasteiger partial charge in [0.15, 0.2) is 5.15 Å². The molecular formula is C12H12Cl2N4O. The van der Waals surface area contributed by atoms with Gasteiger partial charge in [-0.3, -0.25) is 9.78 Å². The van der Waals surface area contributed by atoms with Crippen molar-refractivity contribution in [2.24, 2.45) is 0 Å². The van der Waals surface area contributed by atoms with Gasteiger partial charge in [-0.1, -0.05) is 11.6 Å². The highest BCUT2D eigenvalue weighted by atomic mass is 35.5. The van der Waals surface area contributed by atoms with Crippen LogP contribution in [0, 0.1) is 0 Å². The predicted octanol–water partition coefficient (Wildman–Crippen LogP) is 2.51. The molecule has 1 atom stereocenters. The summed E-state index contributed by atoms with van der Waals surface area (Å²) in [5.74, 6) is -0.241. The minimum atomic E-state index is -0.622. The van der Waals surface area contributed by atoms with Crippen LogP contribution in [0.5, 0.6) is 0 Å². The molecule has 1 unspecified atom stereocenters. The van der Waals surface area contributed by atoms with Gasteiger partial charge in [-0.25, -0.2) is 4.68 Å². The smallest absolute Gasteiger partial charge is 0.244 e. The van der Waals surface area contributed by atoms with Crippen molar-refractivity contribution in [3.8, 4) is 5.69 Å². The quantitative estimate of drug-likeness (QED) is 0.818. The Morgan fingerprint density at radius 3 is 2.84 bits per heavy atom. The predicted molar refractivity (Wildman–Crippen MR) is 75.1 cm³/mol. The van der Waals surface area contributed by atoms with Gasteiger partial charge in [0, 0.05) is 13.2 Å². The molecule has 0 radical (unpaired) electrons. The molecule has 0 aliphatic carbocycles. The van der Waals surface area contributed by atoms with Crippen LogP contribution in [0.25, 0.3) is 5.69 Å². The van der Waals surface area contributed by atoms with Gasteiger partial charge in [0.05, 0.1) is 18.1 Å². The fraction of sp³-hybridized carbons (Fsp3) is 0.250. The topological polar surface area (TPSA) is 51.0 Å². The van der Waals surface area contributed by atoms with Crippen LogP contribution in [-0.4, -0.2) is 33.1 Å². The normalized spacial score (nSPS) is 12.2. The van der Waals surface area contributed by atoms with Crippen LogP contribution in [-0.2, 0) is 4.79 Å². The average Bonchev–Trinajstić information content (AvgIpc) is 2.80. The van der Waals surface area contributed by atoms with Gasteiger partial charge in [0.2, 0.25) is 5.91 Å². The van der Waals surface area contributed by atoms with Crippen molar-refractivity contribution in [1.29, 1.82) is 0 Å². The summed E-state index contributed by atoms with van der Waals surface area (Å²) in [6, 6.07) is 3.63. The van der Waals surface area contributed by atoms with E-state index in [1.807, 2.05) is 6.07 Å². The van der Waals surface area contributed by atoms with Gasteiger partial charge < -0.3 is 4.90 Å². The van der Waals surface area contributed by atoms with Crippen molar-refractivity contribution in [1.82, 2.24) is 14.8 Å². The molecule has 0 bridgehead atoms. The molecule has 19 heavy (non-hydrogen) atoms. The summed E-state index contributed by atoms with van der Waals surface area (Å²) in [6.07, 6.45) is 4.98. The van der Waals surface area contributed by atoms with Crippen molar-refractivity contribution < 1.29 is 4.79 Å². The summed E-state index contributed by atoms with van der Waals surface area (Å²) in [5.41, 5.74) is 1.26.